The fourth-order valence-corrected chi connectivity index (χ4v) is 0.865. The fourth-order valence-electron chi connectivity index (χ4n) is 0.711. The van der Waals surface area contributed by atoms with Crippen LogP contribution in [-0.4, -0.2) is 35.5 Å². The summed E-state index contributed by atoms with van der Waals surface area (Å²) in [5.74, 6) is 1.79. The largest absolute Gasteiger partial charge is 0.401 e. The summed E-state index contributed by atoms with van der Waals surface area (Å²) in [7, 11) is 0. The van der Waals surface area contributed by atoms with E-state index in [9.17, 15) is 4.79 Å². The molecule has 0 fully saturated rings. The second-order valence-corrected chi connectivity index (χ2v) is 2.53. The Kier molecular flexibility index (Phi) is 4.89. The minimum absolute atomic E-state index is 0. The molecule has 4 heteroatoms. The molecular weight excluding hydrogens is 169 g/mol. The van der Waals surface area contributed by atoms with Gasteiger partial charge in [-0.2, -0.15) is 0 Å². The number of hydrogen-bond donors (Lipinski definition) is 2. The minimum atomic E-state index is 0. The van der Waals surface area contributed by atoms with Crippen LogP contribution in [0.15, 0.2) is 28.3 Å². The summed E-state index contributed by atoms with van der Waals surface area (Å²) < 4.78 is 0. The molecule has 0 atom stereocenters. The SMILES string of the molecule is NC1=C(S)C=CC(=C=O)C1.[Na]. The van der Waals surface area contributed by atoms with Gasteiger partial charge in [0.2, 0.25) is 0 Å². The number of hydrogen-bond acceptors (Lipinski definition) is 3. The molecule has 0 aliphatic heterocycles. The van der Waals surface area contributed by atoms with Gasteiger partial charge in [0, 0.05) is 52.2 Å². The smallest absolute Gasteiger partial charge is 0.128 e. The van der Waals surface area contributed by atoms with Crippen LogP contribution in [0.3, 0.4) is 0 Å². The van der Waals surface area contributed by atoms with Gasteiger partial charge in [-0.1, -0.05) is 0 Å². The molecular formula is C7H7NNaOS. The first-order chi connectivity index (χ1) is 4.74. The quantitative estimate of drug-likeness (QED) is 0.319. The maximum absolute atomic E-state index is 10.1. The zero-order chi connectivity index (χ0) is 7.56. The molecule has 1 rings (SSSR count). The molecule has 0 heterocycles. The molecule has 0 amide bonds. The Morgan fingerprint density at radius 2 is 2.18 bits per heavy atom. The van der Waals surface area contributed by atoms with Crippen LogP contribution in [0, 0.1) is 0 Å². The van der Waals surface area contributed by atoms with E-state index in [4.69, 9.17) is 5.73 Å². The van der Waals surface area contributed by atoms with E-state index in [1.807, 2.05) is 0 Å². The number of allylic oxidation sites excluding steroid dienone is 3. The predicted molar refractivity (Wildman–Crippen MR) is 48.9 cm³/mol. The Balaban J connectivity index is 0.000001000. The Labute approximate surface area is 92.9 Å². The monoisotopic (exact) mass is 176 g/mol. The van der Waals surface area contributed by atoms with E-state index in [-0.39, 0.29) is 29.6 Å². The number of carbonyl (C=O) groups excluding carboxylic acids is 1. The van der Waals surface area contributed by atoms with Crippen molar-refractivity contribution >= 4 is 48.1 Å². The first-order valence-corrected chi connectivity index (χ1v) is 3.28. The molecule has 0 aromatic heterocycles. The van der Waals surface area contributed by atoms with Crippen LogP contribution in [0.4, 0.5) is 0 Å². The zero-order valence-corrected chi connectivity index (χ0v) is 9.19. The van der Waals surface area contributed by atoms with Crippen LogP contribution in [0.1, 0.15) is 6.42 Å². The van der Waals surface area contributed by atoms with Gasteiger partial charge in [-0.05, 0) is 12.2 Å². The maximum atomic E-state index is 10.1. The van der Waals surface area contributed by atoms with Gasteiger partial charge in [-0.15, -0.1) is 12.6 Å². The molecule has 0 saturated carbocycles. The minimum Gasteiger partial charge on any atom is -0.401 e. The average molecular weight is 176 g/mol. The van der Waals surface area contributed by atoms with E-state index in [2.05, 4.69) is 12.6 Å². The van der Waals surface area contributed by atoms with Crippen molar-refractivity contribution in [3.05, 3.63) is 28.3 Å². The normalized spacial score (nSPS) is 15.9. The third kappa shape index (κ3) is 2.89. The fraction of sp³-hybridized carbons (Fsp3) is 0.143. The van der Waals surface area contributed by atoms with Crippen molar-refractivity contribution in [3.63, 3.8) is 0 Å². The molecule has 0 bridgehead atoms. The van der Waals surface area contributed by atoms with Gasteiger partial charge in [0.25, 0.3) is 0 Å². The Morgan fingerprint density at radius 1 is 1.55 bits per heavy atom. The summed E-state index contributed by atoms with van der Waals surface area (Å²) >= 11 is 4.06. The second kappa shape index (κ2) is 4.86. The van der Waals surface area contributed by atoms with Crippen molar-refractivity contribution < 1.29 is 4.79 Å². The topological polar surface area (TPSA) is 43.1 Å². The summed E-state index contributed by atoms with van der Waals surface area (Å²) in [4.78, 5) is 10.8. The van der Waals surface area contributed by atoms with E-state index in [0.29, 0.717) is 17.7 Å². The Morgan fingerprint density at radius 3 is 2.64 bits per heavy atom. The molecule has 0 unspecified atom stereocenters. The second-order valence-electron chi connectivity index (χ2n) is 2.05. The van der Waals surface area contributed by atoms with E-state index < -0.39 is 0 Å². The summed E-state index contributed by atoms with van der Waals surface area (Å²) in [5, 5.41) is 0. The van der Waals surface area contributed by atoms with Gasteiger partial charge in [-0.25, -0.2) is 4.79 Å². The first-order valence-electron chi connectivity index (χ1n) is 2.83. The standard InChI is InChI=1S/C7H7NOS.Na/c8-6-3-5(4-9)1-2-7(6)10;/h1-2,10H,3,8H2;. The van der Waals surface area contributed by atoms with Crippen LogP contribution in [0.25, 0.3) is 0 Å². The third-order valence-electron chi connectivity index (χ3n) is 1.28. The molecule has 2 nitrogen and oxygen atoms in total. The average Bonchev–Trinajstić information content (AvgIpc) is 1.95. The van der Waals surface area contributed by atoms with Gasteiger partial charge in [0.1, 0.15) is 5.94 Å². The van der Waals surface area contributed by atoms with E-state index in [1.165, 1.54) is 0 Å². The Bertz CT molecular complexity index is 264. The van der Waals surface area contributed by atoms with Gasteiger partial charge in [0.05, 0.1) is 0 Å². The van der Waals surface area contributed by atoms with Crippen molar-refractivity contribution in [1.29, 1.82) is 0 Å². The molecule has 11 heavy (non-hydrogen) atoms. The molecule has 0 aromatic carbocycles. The van der Waals surface area contributed by atoms with E-state index in [1.54, 1.807) is 18.1 Å². The summed E-state index contributed by atoms with van der Waals surface area (Å²) in [6.07, 6.45) is 3.84. The Hall–Kier alpha value is 0.0800. The third-order valence-corrected chi connectivity index (χ3v) is 1.72. The van der Waals surface area contributed by atoms with Crippen molar-refractivity contribution in [3.8, 4) is 0 Å². The maximum Gasteiger partial charge on any atom is 0.128 e. The van der Waals surface area contributed by atoms with Gasteiger partial charge in [-0.3, -0.25) is 0 Å². The van der Waals surface area contributed by atoms with Crippen molar-refractivity contribution in [2.24, 2.45) is 5.73 Å². The van der Waals surface area contributed by atoms with Gasteiger partial charge < -0.3 is 5.73 Å². The first kappa shape index (κ1) is 11.1. The summed E-state index contributed by atoms with van der Waals surface area (Å²) in [6.45, 7) is 0. The zero-order valence-electron chi connectivity index (χ0n) is 6.29. The van der Waals surface area contributed by atoms with Gasteiger partial charge >= 0.3 is 0 Å². The predicted octanol–water partition coefficient (Wildman–Crippen LogP) is 0.424. The summed E-state index contributed by atoms with van der Waals surface area (Å²) in [5.41, 5.74) is 6.70. The van der Waals surface area contributed by atoms with Crippen LogP contribution in [0.2, 0.25) is 0 Å². The molecule has 53 valence electrons. The molecule has 1 aliphatic rings. The van der Waals surface area contributed by atoms with Crippen LogP contribution >= 0.6 is 12.6 Å². The molecule has 2 N–H and O–H groups in total. The van der Waals surface area contributed by atoms with Crippen molar-refractivity contribution in [2.45, 2.75) is 6.42 Å². The number of thiol groups is 1. The molecule has 0 aromatic rings. The molecule has 1 radical (unpaired) electrons. The van der Waals surface area contributed by atoms with E-state index >= 15 is 0 Å². The van der Waals surface area contributed by atoms with E-state index in [0.717, 1.165) is 4.91 Å². The summed E-state index contributed by atoms with van der Waals surface area (Å²) in [6, 6.07) is 0. The van der Waals surface area contributed by atoms with Gasteiger partial charge in [0.15, 0.2) is 0 Å². The van der Waals surface area contributed by atoms with Crippen LogP contribution in [0.5, 0.6) is 0 Å². The molecule has 0 spiro atoms. The van der Waals surface area contributed by atoms with Crippen molar-refractivity contribution in [2.75, 3.05) is 0 Å². The molecule has 0 saturated heterocycles. The number of nitrogens with two attached hydrogens (primary N) is 1. The van der Waals surface area contributed by atoms with Crippen LogP contribution in [-0.2, 0) is 4.79 Å². The molecule has 1 aliphatic carbocycles. The number of rotatable bonds is 0. The van der Waals surface area contributed by atoms with Crippen LogP contribution < -0.4 is 5.73 Å². The van der Waals surface area contributed by atoms with Crippen molar-refractivity contribution in [1.82, 2.24) is 0 Å².